The number of anilines is 1. The van der Waals surface area contributed by atoms with Crippen LogP contribution in [0.1, 0.15) is 29.6 Å². The van der Waals surface area contributed by atoms with E-state index in [2.05, 4.69) is 15.5 Å². The Morgan fingerprint density at radius 3 is 2.65 bits per heavy atom. The van der Waals surface area contributed by atoms with E-state index in [1.54, 1.807) is 0 Å². The van der Waals surface area contributed by atoms with Crippen LogP contribution in [0.2, 0.25) is 0 Å². The zero-order chi connectivity index (χ0) is 16.1. The molecule has 1 atom stereocenters. The molecule has 2 heterocycles. The highest BCUT2D eigenvalue weighted by molar-refractivity contribution is 5.97. The van der Waals surface area contributed by atoms with Crippen LogP contribution in [0.3, 0.4) is 0 Å². The van der Waals surface area contributed by atoms with E-state index in [9.17, 15) is 9.59 Å². The van der Waals surface area contributed by atoms with Crippen LogP contribution in [0.25, 0.3) is 0 Å². The molecule has 0 unspecified atom stereocenters. The molecule has 0 bridgehead atoms. The van der Waals surface area contributed by atoms with Crippen molar-refractivity contribution in [2.75, 3.05) is 37.7 Å². The van der Waals surface area contributed by atoms with Crippen molar-refractivity contribution in [1.29, 1.82) is 0 Å². The number of nitrogens with zero attached hydrogens (tertiary/aromatic N) is 1. The summed E-state index contributed by atoms with van der Waals surface area (Å²) < 4.78 is 5.34. The van der Waals surface area contributed by atoms with Gasteiger partial charge < -0.3 is 20.3 Å². The third-order valence-electron chi connectivity index (χ3n) is 4.35. The molecule has 0 radical (unpaired) electrons. The predicted octanol–water partition coefficient (Wildman–Crippen LogP) is 0.922. The standard InChI is InChI=1S/C17H23N3O3/c21-16(19-15-3-1-2-8-18-17(15)22)13-4-6-14(7-5-13)20-9-11-23-12-10-20/h4-7,15H,1-3,8-12H2,(H,18,22)(H,19,21)/t15-/m1/s1. The molecule has 2 saturated heterocycles. The first-order chi connectivity index (χ1) is 11.2. The van der Waals surface area contributed by atoms with Crippen LogP contribution in [0, 0.1) is 0 Å². The monoisotopic (exact) mass is 317 g/mol. The van der Waals surface area contributed by atoms with E-state index in [0.717, 1.165) is 44.8 Å². The molecule has 1 aromatic carbocycles. The summed E-state index contributed by atoms with van der Waals surface area (Å²) >= 11 is 0. The van der Waals surface area contributed by atoms with E-state index >= 15 is 0 Å². The van der Waals surface area contributed by atoms with Crippen LogP contribution in [0.15, 0.2) is 24.3 Å². The van der Waals surface area contributed by atoms with Gasteiger partial charge in [0, 0.05) is 30.9 Å². The quantitative estimate of drug-likeness (QED) is 0.870. The van der Waals surface area contributed by atoms with Crippen molar-refractivity contribution in [3.63, 3.8) is 0 Å². The maximum absolute atomic E-state index is 12.3. The number of hydrogen-bond acceptors (Lipinski definition) is 4. The zero-order valence-corrected chi connectivity index (χ0v) is 13.2. The summed E-state index contributed by atoms with van der Waals surface area (Å²) in [6, 6.07) is 7.11. The number of benzene rings is 1. The maximum Gasteiger partial charge on any atom is 0.251 e. The Morgan fingerprint density at radius 2 is 1.91 bits per heavy atom. The summed E-state index contributed by atoms with van der Waals surface area (Å²) in [5.74, 6) is -0.277. The lowest BCUT2D eigenvalue weighted by atomic mass is 10.1. The molecule has 3 rings (SSSR count). The lowest BCUT2D eigenvalue weighted by molar-refractivity contribution is -0.122. The fourth-order valence-corrected chi connectivity index (χ4v) is 2.96. The Balaban J connectivity index is 1.61. The van der Waals surface area contributed by atoms with Gasteiger partial charge in [0.05, 0.1) is 13.2 Å². The summed E-state index contributed by atoms with van der Waals surface area (Å²) in [6.45, 7) is 3.90. The highest BCUT2D eigenvalue weighted by Gasteiger charge is 2.23. The van der Waals surface area contributed by atoms with Crippen molar-refractivity contribution >= 4 is 17.5 Å². The van der Waals surface area contributed by atoms with E-state index in [-0.39, 0.29) is 11.8 Å². The van der Waals surface area contributed by atoms with Crippen molar-refractivity contribution in [3.05, 3.63) is 29.8 Å². The van der Waals surface area contributed by atoms with Crippen LogP contribution >= 0.6 is 0 Å². The second-order valence-electron chi connectivity index (χ2n) is 5.96. The van der Waals surface area contributed by atoms with Crippen LogP contribution in [-0.2, 0) is 9.53 Å². The molecule has 2 aliphatic rings. The molecule has 6 nitrogen and oxygen atoms in total. The highest BCUT2D eigenvalue weighted by Crippen LogP contribution is 2.17. The largest absolute Gasteiger partial charge is 0.378 e. The summed E-state index contributed by atoms with van der Waals surface area (Å²) in [4.78, 5) is 26.5. The number of ether oxygens (including phenoxy) is 1. The van der Waals surface area contributed by atoms with Crippen LogP contribution in [-0.4, -0.2) is 50.7 Å². The Bertz CT molecular complexity index is 553. The molecule has 23 heavy (non-hydrogen) atoms. The number of hydrogen-bond donors (Lipinski definition) is 2. The van der Waals surface area contributed by atoms with E-state index in [4.69, 9.17) is 4.74 Å². The molecule has 2 N–H and O–H groups in total. The van der Waals surface area contributed by atoms with Gasteiger partial charge in [-0.2, -0.15) is 0 Å². The minimum atomic E-state index is -0.427. The van der Waals surface area contributed by atoms with Crippen molar-refractivity contribution in [2.45, 2.75) is 25.3 Å². The van der Waals surface area contributed by atoms with Gasteiger partial charge in [0.25, 0.3) is 5.91 Å². The molecule has 124 valence electrons. The average molecular weight is 317 g/mol. The van der Waals surface area contributed by atoms with Crippen molar-refractivity contribution in [3.8, 4) is 0 Å². The fraction of sp³-hybridized carbons (Fsp3) is 0.529. The molecule has 1 aromatic rings. The van der Waals surface area contributed by atoms with Gasteiger partial charge in [0.1, 0.15) is 6.04 Å². The molecule has 0 aromatic heterocycles. The van der Waals surface area contributed by atoms with Gasteiger partial charge in [-0.15, -0.1) is 0 Å². The van der Waals surface area contributed by atoms with Crippen LogP contribution in [0.4, 0.5) is 5.69 Å². The molecule has 0 aliphatic carbocycles. The predicted molar refractivity (Wildman–Crippen MR) is 87.6 cm³/mol. The van der Waals surface area contributed by atoms with Gasteiger partial charge in [0.2, 0.25) is 5.91 Å². The number of amides is 2. The number of carbonyl (C=O) groups excluding carboxylic acids is 2. The molecule has 2 fully saturated rings. The lowest BCUT2D eigenvalue weighted by Gasteiger charge is -2.28. The first kappa shape index (κ1) is 15.8. The minimum Gasteiger partial charge on any atom is -0.378 e. The van der Waals surface area contributed by atoms with Crippen molar-refractivity contribution < 1.29 is 14.3 Å². The highest BCUT2D eigenvalue weighted by atomic mass is 16.5. The first-order valence-corrected chi connectivity index (χ1v) is 8.25. The lowest BCUT2D eigenvalue weighted by Crippen LogP contribution is -2.45. The number of morpholine rings is 1. The molecule has 0 saturated carbocycles. The first-order valence-electron chi connectivity index (χ1n) is 8.25. The van der Waals surface area contributed by atoms with E-state index in [0.29, 0.717) is 18.5 Å². The topological polar surface area (TPSA) is 70.7 Å². The van der Waals surface area contributed by atoms with Gasteiger partial charge in [-0.3, -0.25) is 9.59 Å². The Morgan fingerprint density at radius 1 is 1.17 bits per heavy atom. The van der Waals surface area contributed by atoms with E-state index in [1.807, 2.05) is 24.3 Å². The van der Waals surface area contributed by atoms with Gasteiger partial charge in [-0.25, -0.2) is 0 Å². The van der Waals surface area contributed by atoms with Crippen LogP contribution in [0.5, 0.6) is 0 Å². The maximum atomic E-state index is 12.3. The summed E-state index contributed by atoms with van der Waals surface area (Å²) in [5, 5.41) is 5.67. The van der Waals surface area contributed by atoms with E-state index in [1.165, 1.54) is 0 Å². The van der Waals surface area contributed by atoms with Gasteiger partial charge >= 0.3 is 0 Å². The third kappa shape index (κ3) is 4.01. The zero-order valence-electron chi connectivity index (χ0n) is 13.2. The number of rotatable bonds is 3. The summed E-state index contributed by atoms with van der Waals surface area (Å²) in [7, 11) is 0. The molecule has 2 amide bonds. The second-order valence-corrected chi connectivity index (χ2v) is 5.96. The van der Waals surface area contributed by atoms with Gasteiger partial charge in [-0.05, 0) is 43.5 Å². The molecule has 0 spiro atoms. The smallest absolute Gasteiger partial charge is 0.251 e. The Labute approximate surface area is 136 Å². The normalized spacial score (nSPS) is 22.2. The Kier molecular flexibility index (Phi) is 5.12. The van der Waals surface area contributed by atoms with E-state index < -0.39 is 6.04 Å². The second kappa shape index (κ2) is 7.46. The number of carbonyl (C=O) groups is 2. The van der Waals surface area contributed by atoms with Gasteiger partial charge in [-0.1, -0.05) is 0 Å². The molecular formula is C17H23N3O3. The average Bonchev–Trinajstić information content (AvgIpc) is 2.80. The molecule has 2 aliphatic heterocycles. The summed E-state index contributed by atoms with van der Waals surface area (Å²) in [5.41, 5.74) is 1.68. The van der Waals surface area contributed by atoms with Crippen LogP contribution < -0.4 is 15.5 Å². The SMILES string of the molecule is O=C(N[C@@H]1CCCCNC1=O)c1ccc(N2CCOCC2)cc1. The van der Waals surface area contributed by atoms with Crippen molar-refractivity contribution in [2.24, 2.45) is 0 Å². The van der Waals surface area contributed by atoms with Gasteiger partial charge in [0.15, 0.2) is 0 Å². The minimum absolute atomic E-state index is 0.0826. The third-order valence-corrected chi connectivity index (χ3v) is 4.35. The fourth-order valence-electron chi connectivity index (χ4n) is 2.96. The Hall–Kier alpha value is -2.08. The molecular weight excluding hydrogens is 294 g/mol. The van der Waals surface area contributed by atoms with Crippen molar-refractivity contribution in [1.82, 2.24) is 10.6 Å². The number of nitrogens with one attached hydrogen (secondary N) is 2. The summed E-state index contributed by atoms with van der Waals surface area (Å²) in [6.07, 6.45) is 2.61. The molecule has 6 heteroatoms.